The van der Waals surface area contributed by atoms with Gasteiger partial charge in [0.15, 0.2) is 0 Å². The highest BCUT2D eigenvalue weighted by Crippen LogP contribution is 2.20. The Hall–Kier alpha value is -2.26. The summed E-state index contributed by atoms with van der Waals surface area (Å²) in [4.78, 5) is 0. The van der Waals surface area contributed by atoms with Gasteiger partial charge in [-0.2, -0.15) is 0 Å². The summed E-state index contributed by atoms with van der Waals surface area (Å²) < 4.78 is 10.2. The molecule has 0 saturated heterocycles. The van der Waals surface area contributed by atoms with Gasteiger partial charge in [-0.3, -0.25) is 0 Å². The van der Waals surface area contributed by atoms with E-state index in [9.17, 15) is 5.11 Å². The quantitative estimate of drug-likeness (QED) is 0.904. The van der Waals surface area contributed by atoms with E-state index < -0.39 is 6.10 Å². The molecule has 0 saturated carbocycles. The molecule has 0 heterocycles. The van der Waals surface area contributed by atoms with Crippen molar-refractivity contribution in [3.05, 3.63) is 65.7 Å². The summed E-state index contributed by atoms with van der Waals surface area (Å²) >= 11 is 0. The third-order valence-corrected chi connectivity index (χ3v) is 3.04. The molecule has 20 heavy (non-hydrogen) atoms. The maximum Gasteiger partial charge on any atom is 0.118 e. The van der Waals surface area contributed by atoms with E-state index in [0.29, 0.717) is 0 Å². The molecule has 0 radical (unpaired) electrons. The summed E-state index contributed by atoms with van der Waals surface area (Å²) in [6.45, 7) is 0. The van der Waals surface area contributed by atoms with Crippen molar-refractivity contribution in [1.29, 1.82) is 0 Å². The van der Waals surface area contributed by atoms with E-state index >= 15 is 0 Å². The Labute approximate surface area is 119 Å². The molecular formula is C17H18O3. The SMILES string of the molecule is COc1ccc(C=CC(O)c2ccc(OC)cc2)cc1. The largest absolute Gasteiger partial charge is 0.497 e. The lowest BCUT2D eigenvalue weighted by Crippen LogP contribution is -1.93. The van der Waals surface area contributed by atoms with Crippen LogP contribution in [0.2, 0.25) is 0 Å². The molecule has 0 aromatic heterocycles. The van der Waals surface area contributed by atoms with Crippen LogP contribution in [0, 0.1) is 0 Å². The van der Waals surface area contributed by atoms with Gasteiger partial charge in [-0.15, -0.1) is 0 Å². The first kappa shape index (κ1) is 14.2. The minimum Gasteiger partial charge on any atom is -0.497 e. The van der Waals surface area contributed by atoms with Crippen molar-refractivity contribution in [2.24, 2.45) is 0 Å². The second kappa shape index (κ2) is 6.78. The molecule has 0 aliphatic carbocycles. The molecule has 1 unspecified atom stereocenters. The average Bonchev–Trinajstić information content (AvgIpc) is 2.53. The number of hydrogen-bond acceptors (Lipinski definition) is 3. The second-order valence-corrected chi connectivity index (χ2v) is 4.35. The topological polar surface area (TPSA) is 38.7 Å². The minimum absolute atomic E-state index is 0.636. The van der Waals surface area contributed by atoms with Crippen molar-refractivity contribution in [2.75, 3.05) is 14.2 Å². The lowest BCUT2D eigenvalue weighted by Gasteiger charge is -2.07. The van der Waals surface area contributed by atoms with Crippen molar-refractivity contribution in [3.63, 3.8) is 0 Å². The van der Waals surface area contributed by atoms with Crippen molar-refractivity contribution >= 4 is 6.08 Å². The molecule has 104 valence electrons. The predicted octanol–water partition coefficient (Wildman–Crippen LogP) is 3.45. The zero-order chi connectivity index (χ0) is 14.4. The average molecular weight is 270 g/mol. The first-order chi connectivity index (χ1) is 9.72. The second-order valence-electron chi connectivity index (χ2n) is 4.35. The van der Waals surface area contributed by atoms with Crippen LogP contribution in [0.1, 0.15) is 17.2 Å². The smallest absolute Gasteiger partial charge is 0.118 e. The van der Waals surface area contributed by atoms with Crippen LogP contribution in [0.3, 0.4) is 0 Å². The van der Waals surface area contributed by atoms with Crippen LogP contribution in [0.4, 0.5) is 0 Å². The van der Waals surface area contributed by atoms with E-state index in [4.69, 9.17) is 9.47 Å². The molecule has 2 aromatic rings. The fraction of sp³-hybridized carbons (Fsp3) is 0.176. The van der Waals surface area contributed by atoms with E-state index in [1.54, 1.807) is 20.3 Å². The highest BCUT2D eigenvalue weighted by Gasteiger charge is 2.03. The highest BCUT2D eigenvalue weighted by atomic mass is 16.5. The van der Waals surface area contributed by atoms with Crippen LogP contribution in [0.25, 0.3) is 6.08 Å². The van der Waals surface area contributed by atoms with E-state index in [-0.39, 0.29) is 0 Å². The molecular weight excluding hydrogens is 252 g/mol. The molecule has 0 bridgehead atoms. The van der Waals surface area contributed by atoms with Crippen LogP contribution in [0.5, 0.6) is 11.5 Å². The van der Waals surface area contributed by atoms with Gasteiger partial charge in [0.2, 0.25) is 0 Å². The summed E-state index contributed by atoms with van der Waals surface area (Å²) in [5.74, 6) is 1.60. The van der Waals surface area contributed by atoms with E-state index in [0.717, 1.165) is 22.6 Å². The van der Waals surface area contributed by atoms with Gasteiger partial charge >= 0.3 is 0 Å². The molecule has 3 nitrogen and oxygen atoms in total. The molecule has 0 spiro atoms. The van der Waals surface area contributed by atoms with Gasteiger partial charge in [0.25, 0.3) is 0 Å². The van der Waals surface area contributed by atoms with Crippen LogP contribution < -0.4 is 9.47 Å². The number of hydrogen-bond donors (Lipinski definition) is 1. The summed E-state index contributed by atoms with van der Waals surface area (Å²) in [5, 5.41) is 10.1. The lowest BCUT2D eigenvalue weighted by molar-refractivity contribution is 0.229. The first-order valence-electron chi connectivity index (χ1n) is 6.37. The molecule has 2 rings (SSSR count). The van der Waals surface area contributed by atoms with Crippen molar-refractivity contribution in [3.8, 4) is 11.5 Å². The van der Waals surface area contributed by atoms with Crippen LogP contribution >= 0.6 is 0 Å². The summed E-state index contributed by atoms with van der Waals surface area (Å²) in [6.07, 6.45) is 3.00. The summed E-state index contributed by atoms with van der Waals surface area (Å²) in [6, 6.07) is 15.0. The lowest BCUT2D eigenvalue weighted by atomic mass is 10.1. The third-order valence-electron chi connectivity index (χ3n) is 3.04. The third kappa shape index (κ3) is 3.62. The van der Waals surface area contributed by atoms with E-state index in [1.165, 1.54) is 0 Å². The molecule has 1 N–H and O–H groups in total. The molecule has 3 heteroatoms. The van der Waals surface area contributed by atoms with E-state index in [1.807, 2.05) is 54.6 Å². The van der Waals surface area contributed by atoms with Gasteiger partial charge < -0.3 is 14.6 Å². The van der Waals surface area contributed by atoms with Gasteiger partial charge in [0, 0.05) is 0 Å². The Bertz CT molecular complexity index is 556. The number of methoxy groups -OCH3 is 2. The molecule has 1 atom stereocenters. The van der Waals surface area contributed by atoms with Crippen molar-refractivity contribution < 1.29 is 14.6 Å². The molecule has 0 amide bonds. The van der Waals surface area contributed by atoms with Gasteiger partial charge in [0.05, 0.1) is 20.3 Å². The minimum atomic E-state index is -0.636. The van der Waals surface area contributed by atoms with Gasteiger partial charge in [0.1, 0.15) is 11.5 Å². The molecule has 0 fully saturated rings. The fourth-order valence-corrected chi connectivity index (χ4v) is 1.83. The monoisotopic (exact) mass is 270 g/mol. The van der Waals surface area contributed by atoms with Crippen molar-refractivity contribution in [1.82, 2.24) is 0 Å². The Morgan fingerprint density at radius 2 is 1.35 bits per heavy atom. The Morgan fingerprint density at radius 1 is 0.850 bits per heavy atom. The Kier molecular flexibility index (Phi) is 4.80. The first-order valence-corrected chi connectivity index (χ1v) is 6.37. The van der Waals surface area contributed by atoms with Gasteiger partial charge in [-0.25, -0.2) is 0 Å². The maximum absolute atomic E-state index is 10.1. The predicted molar refractivity (Wildman–Crippen MR) is 80.0 cm³/mol. The zero-order valence-corrected chi connectivity index (χ0v) is 11.6. The standard InChI is InChI=1S/C17H18O3/c1-19-15-8-3-13(4-9-15)5-12-17(18)14-6-10-16(20-2)11-7-14/h3-12,17-18H,1-2H3. The number of ether oxygens (including phenoxy) is 2. The normalized spacial score (nSPS) is 12.3. The molecule has 2 aromatic carbocycles. The molecule has 0 aliphatic heterocycles. The van der Waals surface area contributed by atoms with Crippen LogP contribution in [-0.2, 0) is 0 Å². The number of aliphatic hydroxyl groups excluding tert-OH is 1. The highest BCUT2D eigenvalue weighted by molar-refractivity contribution is 5.51. The maximum atomic E-state index is 10.1. The van der Waals surface area contributed by atoms with Gasteiger partial charge in [-0.05, 0) is 35.4 Å². The summed E-state index contributed by atoms with van der Waals surface area (Å²) in [5.41, 5.74) is 1.84. The number of aliphatic hydroxyl groups is 1. The number of benzene rings is 2. The van der Waals surface area contributed by atoms with E-state index in [2.05, 4.69) is 0 Å². The fourth-order valence-electron chi connectivity index (χ4n) is 1.83. The zero-order valence-electron chi connectivity index (χ0n) is 11.6. The van der Waals surface area contributed by atoms with Gasteiger partial charge in [-0.1, -0.05) is 36.4 Å². The Morgan fingerprint density at radius 3 is 1.85 bits per heavy atom. The van der Waals surface area contributed by atoms with Crippen LogP contribution in [0.15, 0.2) is 54.6 Å². The Balaban J connectivity index is 2.04. The molecule has 0 aliphatic rings. The number of rotatable bonds is 5. The van der Waals surface area contributed by atoms with Crippen LogP contribution in [-0.4, -0.2) is 19.3 Å². The summed E-state index contributed by atoms with van der Waals surface area (Å²) in [7, 11) is 3.26. The van der Waals surface area contributed by atoms with Crippen molar-refractivity contribution in [2.45, 2.75) is 6.10 Å².